The van der Waals surface area contributed by atoms with Crippen molar-refractivity contribution in [2.24, 2.45) is 0 Å². The Bertz CT molecular complexity index is 955. The van der Waals surface area contributed by atoms with Gasteiger partial charge in [-0.1, -0.05) is 18.2 Å². The minimum atomic E-state index is -3.74. The van der Waals surface area contributed by atoms with Crippen LogP contribution in [0, 0.1) is 5.82 Å². The first-order chi connectivity index (χ1) is 10.5. The first kappa shape index (κ1) is 14.5. The van der Waals surface area contributed by atoms with Gasteiger partial charge in [-0.3, -0.25) is 4.98 Å². The molecule has 0 amide bonds. The summed E-state index contributed by atoms with van der Waals surface area (Å²) in [5.41, 5.74) is 0.145. The summed E-state index contributed by atoms with van der Waals surface area (Å²) >= 11 is 0. The highest BCUT2D eigenvalue weighted by atomic mass is 32.2. The van der Waals surface area contributed by atoms with Gasteiger partial charge in [-0.25, -0.2) is 12.8 Å². The van der Waals surface area contributed by atoms with Gasteiger partial charge in [0, 0.05) is 11.6 Å². The van der Waals surface area contributed by atoms with Crippen molar-refractivity contribution in [2.75, 3.05) is 7.11 Å². The van der Waals surface area contributed by atoms with Crippen molar-refractivity contribution in [3.8, 4) is 5.75 Å². The maximum Gasteiger partial charge on any atom is 0.208 e. The first-order valence-corrected chi connectivity index (χ1v) is 7.94. The number of sulfone groups is 1. The molecule has 1 aromatic heterocycles. The van der Waals surface area contributed by atoms with E-state index in [1.165, 1.54) is 43.6 Å². The van der Waals surface area contributed by atoms with E-state index in [1.54, 1.807) is 18.2 Å². The van der Waals surface area contributed by atoms with Gasteiger partial charge in [0.15, 0.2) is 0 Å². The average molecular weight is 317 g/mol. The Labute approximate surface area is 127 Å². The molecular weight excluding hydrogens is 305 g/mol. The third-order valence-electron chi connectivity index (χ3n) is 3.30. The van der Waals surface area contributed by atoms with Crippen molar-refractivity contribution in [1.82, 2.24) is 4.98 Å². The Balaban J connectivity index is 2.16. The van der Waals surface area contributed by atoms with Gasteiger partial charge in [-0.15, -0.1) is 0 Å². The van der Waals surface area contributed by atoms with Gasteiger partial charge in [0.2, 0.25) is 9.84 Å². The number of halogens is 1. The highest BCUT2D eigenvalue weighted by Gasteiger charge is 2.19. The third-order valence-corrected chi connectivity index (χ3v) is 5.02. The van der Waals surface area contributed by atoms with Crippen molar-refractivity contribution < 1.29 is 17.5 Å². The number of para-hydroxylation sites is 1. The lowest BCUT2D eigenvalue weighted by atomic mass is 10.2. The van der Waals surface area contributed by atoms with Crippen molar-refractivity contribution >= 4 is 20.7 Å². The minimum absolute atomic E-state index is 0.0128. The van der Waals surface area contributed by atoms with Crippen molar-refractivity contribution in [1.29, 1.82) is 0 Å². The monoisotopic (exact) mass is 317 g/mol. The predicted molar refractivity (Wildman–Crippen MR) is 80.1 cm³/mol. The van der Waals surface area contributed by atoms with Crippen LogP contribution >= 0.6 is 0 Å². The standard InChI is InChI=1S/C16H12FNO3S/c1-21-12-5-3-6-13(9-12)22(19,20)14-8-11-4-2-7-15(17)16(11)18-10-14/h2-10H,1H3. The number of aromatic nitrogens is 1. The summed E-state index contributed by atoms with van der Waals surface area (Å²) < 4.78 is 43.9. The maximum atomic E-state index is 13.6. The summed E-state index contributed by atoms with van der Waals surface area (Å²) in [4.78, 5) is 4.04. The van der Waals surface area contributed by atoms with E-state index in [2.05, 4.69) is 4.98 Å². The number of ether oxygens (including phenoxy) is 1. The maximum absolute atomic E-state index is 13.6. The van der Waals surface area contributed by atoms with Gasteiger partial charge >= 0.3 is 0 Å². The number of benzene rings is 2. The molecule has 0 spiro atoms. The lowest BCUT2D eigenvalue weighted by molar-refractivity contribution is 0.413. The van der Waals surface area contributed by atoms with Crippen LogP contribution in [0.25, 0.3) is 10.9 Å². The Morgan fingerprint density at radius 1 is 1.05 bits per heavy atom. The average Bonchev–Trinajstić information content (AvgIpc) is 2.55. The molecule has 3 rings (SSSR count). The third kappa shape index (κ3) is 2.42. The molecule has 0 aliphatic carbocycles. The fourth-order valence-corrected chi connectivity index (χ4v) is 3.43. The minimum Gasteiger partial charge on any atom is -0.497 e. The summed E-state index contributed by atoms with van der Waals surface area (Å²) in [6, 6.07) is 12.0. The second kappa shape index (κ2) is 5.38. The van der Waals surface area contributed by atoms with Crippen molar-refractivity contribution in [2.45, 2.75) is 9.79 Å². The molecule has 0 saturated carbocycles. The van der Waals surface area contributed by atoms with E-state index in [0.717, 1.165) is 0 Å². The second-order valence-electron chi connectivity index (χ2n) is 4.66. The Hall–Kier alpha value is -2.47. The SMILES string of the molecule is COc1cccc(S(=O)(=O)c2cnc3c(F)cccc3c2)c1. The van der Waals surface area contributed by atoms with Crippen LogP contribution in [0.5, 0.6) is 5.75 Å². The van der Waals surface area contributed by atoms with Crippen LogP contribution < -0.4 is 4.74 Å². The molecule has 0 atom stereocenters. The molecule has 0 N–H and O–H groups in total. The molecule has 4 nitrogen and oxygen atoms in total. The van der Waals surface area contributed by atoms with Crippen LogP contribution in [0.15, 0.2) is 64.5 Å². The summed E-state index contributed by atoms with van der Waals surface area (Å²) in [6.45, 7) is 0. The molecule has 22 heavy (non-hydrogen) atoms. The molecule has 112 valence electrons. The molecule has 0 aliphatic rings. The van der Waals surface area contributed by atoms with E-state index in [0.29, 0.717) is 11.1 Å². The number of rotatable bonds is 3. The zero-order valence-electron chi connectivity index (χ0n) is 11.7. The van der Waals surface area contributed by atoms with Crippen LogP contribution in [0.3, 0.4) is 0 Å². The zero-order valence-corrected chi connectivity index (χ0v) is 12.5. The quantitative estimate of drug-likeness (QED) is 0.744. The topological polar surface area (TPSA) is 56.3 Å². The summed E-state index contributed by atoms with van der Waals surface area (Å²) in [6.07, 6.45) is 1.17. The van der Waals surface area contributed by atoms with E-state index in [9.17, 15) is 12.8 Å². The van der Waals surface area contributed by atoms with E-state index >= 15 is 0 Å². The summed E-state index contributed by atoms with van der Waals surface area (Å²) in [7, 11) is -2.28. The van der Waals surface area contributed by atoms with Gasteiger partial charge in [0.25, 0.3) is 0 Å². The van der Waals surface area contributed by atoms with Crippen LogP contribution in [-0.2, 0) is 9.84 Å². The lowest BCUT2D eigenvalue weighted by Crippen LogP contribution is -2.03. The molecule has 0 radical (unpaired) electrons. The van der Waals surface area contributed by atoms with Crippen LogP contribution in [0.1, 0.15) is 0 Å². The molecular formula is C16H12FNO3S. The van der Waals surface area contributed by atoms with Crippen LogP contribution in [0.2, 0.25) is 0 Å². The Morgan fingerprint density at radius 3 is 2.59 bits per heavy atom. The molecule has 0 saturated heterocycles. The van der Waals surface area contributed by atoms with Gasteiger partial charge in [0.1, 0.15) is 17.1 Å². The number of pyridine rings is 1. The predicted octanol–water partition coefficient (Wildman–Crippen LogP) is 3.22. The second-order valence-corrected chi connectivity index (χ2v) is 6.61. The molecule has 3 aromatic rings. The first-order valence-electron chi connectivity index (χ1n) is 6.46. The lowest BCUT2D eigenvalue weighted by Gasteiger charge is -2.07. The Kier molecular flexibility index (Phi) is 3.54. The molecule has 0 aliphatic heterocycles. The normalized spacial score (nSPS) is 11.5. The van der Waals surface area contributed by atoms with Gasteiger partial charge in [-0.2, -0.15) is 0 Å². The zero-order chi connectivity index (χ0) is 15.7. The summed E-state index contributed by atoms with van der Waals surface area (Å²) in [5, 5.41) is 0.434. The van der Waals surface area contributed by atoms with Gasteiger partial charge in [0.05, 0.1) is 16.9 Å². The summed E-state index contributed by atoms with van der Waals surface area (Å²) in [5.74, 6) is -0.0382. The number of methoxy groups -OCH3 is 1. The van der Waals surface area contributed by atoms with E-state index < -0.39 is 15.7 Å². The van der Waals surface area contributed by atoms with Gasteiger partial charge in [-0.05, 0) is 30.3 Å². The largest absolute Gasteiger partial charge is 0.497 e. The van der Waals surface area contributed by atoms with E-state index in [4.69, 9.17) is 4.74 Å². The fraction of sp³-hybridized carbons (Fsp3) is 0.0625. The molecule has 6 heteroatoms. The van der Waals surface area contributed by atoms with Gasteiger partial charge < -0.3 is 4.74 Å². The Morgan fingerprint density at radius 2 is 1.82 bits per heavy atom. The number of fused-ring (bicyclic) bond motifs is 1. The smallest absolute Gasteiger partial charge is 0.208 e. The molecule has 0 bridgehead atoms. The van der Waals surface area contributed by atoms with E-state index in [-0.39, 0.29) is 15.3 Å². The highest BCUT2D eigenvalue weighted by Crippen LogP contribution is 2.26. The number of hydrogen-bond donors (Lipinski definition) is 0. The molecule has 2 aromatic carbocycles. The molecule has 0 unspecified atom stereocenters. The highest BCUT2D eigenvalue weighted by molar-refractivity contribution is 7.91. The van der Waals surface area contributed by atoms with Crippen molar-refractivity contribution in [3.63, 3.8) is 0 Å². The van der Waals surface area contributed by atoms with Crippen LogP contribution in [-0.4, -0.2) is 20.5 Å². The molecule has 0 fully saturated rings. The van der Waals surface area contributed by atoms with Crippen molar-refractivity contribution in [3.05, 3.63) is 60.5 Å². The fourth-order valence-electron chi connectivity index (χ4n) is 2.15. The number of nitrogens with zero attached hydrogens (tertiary/aromatic N) is 1. The van der Waals surface area contributed by atoms with Crippen LogP contribution in [0.4, 0.5) is 4.39 Å². The number of hydrogen-bond acceptors (Lipinski definition) is 4. The molecule has 1 heterocycles. The van der Waals surface area contributed by atoms with E-state index in [1.807, 2.05) is 0 Å².